The summed E-state index contributed by atoms with van der Waals surface area (Å²) in [5, 5.41) is 3.17. The van der Waals surface area contributed by atoms with Gasteiger partial charge in [-0.25, -0.2) is 8.78 Å². The van der Waals surface area contributed by atoms with Crippen molar-refractivity contribution in [3.8, 4) is 0 Å². The summed E-state index contributed by atoms with van der Waals surface area (Å²) in [5.74, 6) is 0.994. The van der Waals surface area contributed by atoms with Crippen molar-refractivity contribution in [3.05, 3.63) is 35.4 Å². The molecule has 1 atom stereocenters. The Morgan fingerprint density at radius 3 is 2.69 bits per heavy atom. The molecule has 4 heteroatoms. The summed E-state index contributed by atoms with van der Waals surface area (Å²) in [6, 6.07) is 3.49. The first-order chi connectivity index (χ1) is 7.69. The molecule has 0 amide bonds. The van der Waals surface area contributed by atoms with Crippen molar-refractivity contribution < 1.29 is 8.78 Å². The van der Waals surface area contributed by atoms with E-state index in [0.717, 1.165) is 24.1 Å². The summed E-state index contributed by atoms with van der Waals surface area (Å²) in [6.45, 7) is 4.75. The Morgan fingerprint density at radius 1 is 1.31 bits per heavy atom. The van der Waals surface area contributed by atoms with Crippen LogP contribution in [0.1, 0.15) is 25.5 Å². The van der Waals surface area contributed by atoms with Crippen LogP contribution in [0.5, 0.6) is 0 Å². The molecule has 0 fully saturated rings. The van der Waals surface area contributed by atoms with E-state index in [1.165, 1.54) is 12.1 Å². The lowest BCUT2D eigenvalue weighted by atomic mass is 10.1. The van der Waals surface area contributed by atoms with E-state index < -0.39 is 0 Å². The number of hydrogen-bond donors (Lipinski definition) is 1. The summed E-state index contributed by atoms with van der Waals surface area (Å²) in [5.41, 5.74) is 0.419. The van der Waals surface area contributed by atoms with E-state index in [0.29, 0.717) is 5.56 Å². The SMILES string of the molecule is CCNC(CSCC)c1cc(F)ccc1F. The van der Waals surface area contributed by atoms with Gasteiger partial charge in [0.15, 0.2) is 0 Å². The molecule has 0 radical (unpaired) electrons. The maximum Gasteiger partial charge on any atom is 0.128 e. The van der Waals surface area contributed by atoms with Crippen LogP contribution in [0.2, 0.25) is 0 Å². The number of halogens is 2. The zero-order valence-corrected chi connectivity index (χ0v) is 10.4. The van der Waals surface area contributed by atoms with E-state index in [1.54, 1.807) is 11.8 Å². The van der Waals surface area contributed by atoms with Crippen LogP contribution >= 0.6 is 11.8 Å². The standard InChI is InChI=1S/C12H17F2NS/c1-3-15-12(8-16-4-2)10-7-9(13)5-6-11(10)14/h5-7,12,15H,3-4,8H2,1-2H3. The molecule has 0 aliphatic rings. The molecule has 1 rings (SSSR count). The molecule has 1 aromatic carbocycles. The Morgan fingerprint density at radius 2 is 2.06 bits per heavy atom. The maximum absolute atomic E-state index is 13.6. The average molecular weight is 245 g/mol. The molecule has 0 aliphatic heterocycles. The fourth-order valence-electron chi connectivity index (χ4n) is 1.52. The predicted molar refractivity (Wildman–Crippen MR) is 65.8 cm³/mol. The minimum atomic E-state index is -0.388. The van der Waals surface area contributed by atoms with Gasteiger partial charge in [0.1, 0.15) is 11.6 Å². The van der Waals surface area contributed by atoms with Gasteiger partial charge in [0.25, 0.3) is 0 Å². The second-order valence-corrected chi connectivity index (χ2v) is 4.75. The summed E-state index contributed by atoms with van der Waals surface area (Å²) < 4.78 is 26.6. The van der Waals surface area contributed by atoms with E-state index in [4.69, 9.17) is 0 Å². The maximum atomic E-state index is 13.6. The van der Waals surface area contributed by atoms with Crippen molar-refractivity contribution in [2.45, 2.75) is 19.9 Å². The molecule has 1 unspecified atom stereocenters. The van der Waals surface area contributed by atoms with Crippen LogP contribution in [0, 0.1) is 11.6 Å². The van der Waals surface area contributed by atoms with Crippen LogP contribution in [-0.4, -0.2) is 18.1 Å². The highest BCUT2D eigenvalue weighted by Gasteiger charge is 2.15. The Labute approximate surface area is 99.6 Å². The van der Waals surface area contributed by atoms with E-state index in [-0.39, 0.29) is 17.7 Å². The molecule has 0 aromatic heterocycles. The molecule has 0 aliphatic carbocycles. The molecular weight excluding hydrogens is 228 g/mol. The zero-order valence-electron chi connectivity index (χ0n) is 9.59. The number of benzene rings is 1. The lowest BCUT2D eigenvalue weighted by Crippen LogP contribution is -2.24. The van der Waals surface area contributed by atoms with E-state index >= 15 is 0 Å². The molecule has 0 saturated heterocycles. The van der Waals surface area contributed by atoms with Crippen molar-refractivity contribution >= 4 is 11.8 Å². The summed E-state index contributed by atoms with van der Waals surface area (Å²) in [4.78, 5) is 0. The quantitative estimate of drug-likeness (QED) is 0.824. The first kappa shape index (κ1) is 13.5. The van der Waals surface area contributed by atoms with Gasteiger partial charge in [-0.05, 0) is 30.5 Å². The summed E-state index contributed by atoms with van der Waals surface area (Å²) in [7, 11) is 0. The predicted octanol–water partition coefficient (Wildman–Crippen LogP) is 3.37. The molecule has 90 valence electrons. The fraction of sp³-hybridized carbons (Fsp3) is 0.500. The van der Waals surface area contributed by atoms with E-state index in [1.807, 2.05) is 6.92 Å². The van der Waals surface area contributed by atoms with Crippen LogP contribution in [0.25, 0.3) is 0 Å². The van der Waals surface area contributed by atoms with Crippen molar-refractivity contribution in [2.75, 3.05) is 18.1 Å². The Bertz CT molecular complexity index is 331. The van der Waals surface area contributed by atoms with Gasteiger partial charge < -0.3 is 5.32 Å². The normalized spacial score (nSPS) is 12.8. The van der Waals surface area contributed by atoms with Gasteiger partial charge in [0.05, 0.1) is 0 Å². The fourth-order valence-corrected chi connectivity index (χ4v) is 2.29. The third kappa shape index (κ3) is 3.76. The van der Waals surface area contributed by atoms with Crippen molar-refractivity contribution in [3.63, 3.8) is 0 Å². The van der Waals surface area contributed by atoms with E-state index in [9.17, 15) is 8.78 Å². The lowest BCUT2D eigenvalue weighted by molar-refractivity contribution is 0.533. The second kappa shape index (κ2) is 6.86. The molecule has 1 nitrogen and oxygen atoms in total. The highest BCUT2D eigenvalue weighted by Crippen LogP contribution is 2.22. The van der Waals surface area contributed by atoms with Gasteiger partial charge in [-0.3, -0.25) is 0 Å². The first-order valence-electron chi connectivity index (χ1n) is 5.45. The van der Waals surface area contributed by atoms with Gasteiger partial charge >= 0.3 is 0 Å². The van der Waals surface area contributed by atoms with Crippen molar-refractivity contribution in [1.82, 2.24) is 5.32 Å². The van der Waals surface area contributed by atoms with Crippen LogP contribution < -0.4 is 5.32 Å². The molecular formula is C12H17F2NS. The molecule has 0 saturated carbocycles. The molecule has 1 N–H and O–H groups in total. The average Bonchev–Trinajstić information content (AvgIpc) is 2.28. The number of rotatable bonds is 6. The topological polar surface area (TPSA) is 12.0 Å². The molecule has 0 heterocycles. The number of hydrogen-bond acceptors (Lipinski definition) is 2. The Kier molecular flexibility index (Phi) is 5.77. The van der Waals surface area contributed by atoms with Gasteiger partial charge in [-0.15, -0.1) is 0 Å². The number of thioether (sulfide) groups is 1. The smallest absolute Gasteiger partial charge is 0.128 e. The third-order valence-electron chi connectivity index (χ3n) is 2.27. The van der Waals surface area contributed by atoms with Gasteiger partial charge in [-0.1, -0.05) is 13.8 Å². The van der Waals surface area contributed by atoms with Crippen LogP contribution in [0.4, 0.5) is 8.78 Å². The molecule has 0 bridgehead atoms. The largest absolute Gasteiger partial charge is 0.309 e. The Hall–Kier alpha value is -0.610. The lowest BCUT2D eigenvalue weighted by Gasteiger charge is -2.18. The van der Waals surface area contributed by atoms with Gasteiger partial charge in [-0.2, -0.15) is 11.8 Å². The van der Waals surface area contributed by atoms with Crippen molar-refractivity contribution in [2.24, 2.45) is 0 Å². The van der Waals surface area contributed by atoms with Crippen molar-refractivity contribution in [1.29, 1.82) is 0 Å². The highest BCUT2D eigenvalue weighted by atomic mass is 32.2. The molecule has 1 aromatic rings. The van der Waals surface area contributed by atoms with Crippen LogP contribution in [-0.2, 0) is 0 Å². The Balaban J connectivity index is 2.85. The second-order valence-electron chi connectivity index (χ2n) is 3.44. The summed E-state index contributed by atoms with van der Waals surface area (Å²) >= 11 is 1.71. The minimum absolute atomic E-state index is 0.120. The molecule has 16 heavy (non-hydrogen) atoms. The molecule has 0 spiro atoms. The van der Waals surface area contributed by atoms with Gasteiger partial charge in [0, 0.05) is 17.4 Å². The first-order valence-corrected chi connectivity index (χ1v) is 6.60. The third-order valence-corrected chi connectivity index (χ3v) is 3.25. The highest BCUT2D eigenvalue weighted by molar-refractivity contribution is 7.99. The van der Waals surface area contributed by atoms with E-state index in [2.05, 4.69) is 12.2 Å². The summed E-state index contributed by atoms with van der Waals surface area (Å²) in [6.07, 6.45) is 0. The van der Waals surface area contributed by atoms with Crippen LogP contribution in [0.15, 0.2) is 18.2 Å². The number of nitrogens with one attached hydrogen (secondary N) is 1. The minimum Gasteiger partial charge on any atom is -0.309 e. The zero-order chi connectivity index (χ0) is 12.0. The van der Waals surface area contributed by atoms with Gasteiger partial charge in [0.2, 0.25) is 0 Å². The monoisotopic (exact) mass is 245 g/mol. The van der Waals surface area contributed by atoms with Crippen LogP contribution in [0.3, 0.4) is 0 Å².